The van der Waals surface area contributed by atoms with Gasteiger partial charge in [0.15, 0.2) is 0 Å². The van der Waals surface area contributed by atoms with Crippen molar-refractivity contribution >= 4 is 25.7 Å². The zero-order valence-electron chi connectivity index (χ0n) is 20.8. The van der Waals surface area contributed by atoms with Crippen LogP contribution in [0.3, 0.4) is 0 Å². The van der Waals surface area contributed by atoms with Crippen LogP contribution in [-0.4, -0.2) is 19.4 Å². The van der Waals surface area contributed by atoms with Crippen molar-refractivity contribution in [1.82, 2.24) is 0 Å². The van der Waals surface area contributed by atoms with Gasteiger partial charge in [-0.25, -0.2) is 0 Å². The van der Waals surface area contributed by atoms with Gasteiger partial charge in [-0.3, -0.25) is 0 Å². The van der Waals surface area contributed by atoms with Gasteiger partial charge in [0.25, 0.3) is 0 Å². The van der Waals surface area contributed by atoms with E-state index in [2.05, 4.69) is 75.5 Å². The molecule has 2 aliphatic carbocycles. The molecule has 2 saturated carbocycles. The van der Waals surface area contributed by atoms with E-state index in [4.69, 9.17) is 0 Å². The third-order valence-electron chi connectivity index (χ3n) is 8.88. The number of hydrogen-bond acceptors (Lipinski definition) is 1. The van der Waals surface area contributed by atoms with Crippen LogP contribution in [-0.2, 0) is 4.57 Å². The number of benzene rings is 2. The molecule has 3 heteroatoms. The second-order valence-electron chi connectivity index (χ2n) is 11.3. The summed E-state index contributed by atoms with van der Waals surface area (Å²) in [6, 6.07) is 18.1. The molecule has 0 unspecified atom stereocenters. The zero-order valence-corrected chi connectivity index (χ0v) is 22.7. The molecule has 2 aromatic rings. The van der Waals surface area contributed by atoms with Crippen molar-refractivity contribution in [2.24, 2.45) is 0 Å². The second kappa shape index (κ2) is 10.0. The van der Waals surface area contributed by atoms with E-state index in [1.807, 2.05) is 0 Å². The topological polar surface area (TPSA) is 17.1 Å². The summed E-state index contributed by atoms with van der Waals surface area (Å²) >= 11 is 0. The van der Waals surface area contributed by atoms with Gasteiger partial charge in [0.1, 0.15) is 7.14 Å². The highest BCUT2D eigenvalue weighted by Gasteiger charge is 2.43. The van der Waals surface area contributed by atoms with Crippen LogP contribution in [0.5, 0.6) is 0 Å². The van der Waals surface area contributed by atoms with Gasteiger partial charge in [-0.05, 0) is 42.4 Å². The lowest BCUT2D eigenvalue weighted by atomic mass is 9.99. The molecular formula is C29H43OPSi. The highest BCUT2D eigenvalue weighted by molar-refractivity contribution is 7.73. The van der Waals surface area contributed by atoms with E-state index in [1.54, 1.807) is 0 Å². The average molecular weight is 467 g/mol. The van der Waals surface area contributed by atoms with Crippen LogP contribution >= 0.6 is 7.14 Å². The molecule has 0 saturated heterocycles. The minimum atomic E-state index is -2.49. The Morgan fingerprint density at radius 1 is 0.781 bits per heavy atom. The summed E-state index contributed by atoms with van der Waals surface area (Å²) in [4.78, 5) is 0. The maximum absolute atomic E-state index is 15.3. The average Bonchev–Trinajstić information content (AvgIpc) is 2.84. The monoisotopic (exact) mass is 466 g/mol. The van der Waals surface area contributed by atoms with Crippen molar-refractivity contribution in [1.29, 1.82) is 0 Å². The van der Waals surface area contributed by atoms with Crippen LogP contribution in [0.25, 0.3) is 11.1 Å². The van der Waals surface area contributed by atoms with Gasteiger partial charge in [-0.1, -0.05) is 119 Å². The first-order chi connectivity index (χ1) is 15.3. The quantitative estimate of drug-likeness (QED) is 0.309. The third-order valence-corrected chi connectivity index (χ3v) is 17.9. The summed E-state index contributed by atoms with van der Waals surface area (Å²) in [6.07, 6.45) is 12.3. The van der Waals surface area contributed by atoms with E-state index in [0.29, 0.717) is 16.9 Å². The van der Waals surface area contributed by atoms with E-state index in [-0.39, 0.29) is 0 Å². The maximum Gasteiger partial charge on any atom is 0.122 e. The van der Waals surface area contributed by atoms with Gasteiger partial charge in [-0.2, -0.15) is 0 Å². The molecule has 0 amide bonds. The molecule has 0 bridgehead atoms. The molecule has 2 fully saturated rings. The standard InChI is InChI=1S/C29H43OPSi/c1-23(2)32(3,4)27-19-13-14-24(22-27)28-20-11-12-21-29(28)31(30,25-15-7-5-8-16-25)26-17-9-6-10-18-26/h11-14,19-23,25-26H,5-10,15-18H2,1-4H3. The molecule has 0 heterocycles. The van der Waals surface area contributed by atoms with Crippen LogP contribution in [0.4, 0.5) is 0 Å². The summed E-state index contributed by atoms with van der Waals surface area (Å²) < 4.78 is 15.3. The first-order valence-electron chi connectivity index (χ1n) is 13.1. The maximum atomic E-state index is 15.3. The fourth-order valence-corrected chi connectivity index (χ4v) is 12.3. The minimum Gasteiger partial charge on any atom is -0.318 e. The normalized spacial score (nSPS) is 19.4. The Balaban J connectivity index is 1.83. The molecule has 0 spiro atoms. The van der Waals surface area contributed by atoms with Gasteiger partial charge in [0.2, 0.25) is 0 Å². The Kier molecular flexibility index (Phi) is 7.52. The third kappa shape index (κ3) is 4.60. The van der Waals surface area contributed by atoms with Gasteiger partial charge < -0.3 is 4.57 Å². The van der Waals surface area contributed by atoms with Crippen LogP contribution in [0.1, 0.15) is 78.1 Å². The van der Waals surface area contributed by atoms with Crippen molar-refractivity contribution in [2.45, 2.75) is 108 Å². The summed E-state index contributed by atoms with van der Waals surface area (Å²) in [7, 11) is -4.01. The molecule has 32 heavy (non-hydrogen) atoms. The first kappa shape index (κ1) is 24.0. The van der Waals surface area contributed by atoms with Gasteiger partial charge in [-0.15, -0.1) is 0 Å². The molecule has 0 radical (unpaired) electrons. The Bertz CT molecular complexity index is 929. The Labute approximate surface area is 197 Å². The van der Waals surface area contributed by atoms with Crippen molar-refractivity contribution in [2.75, 3.05) is 0 Å². The summed E-state index contributed by atoms with van der Waals surface area (Å²) in [6.45, 7) is 9.70. The largest absolute Gasteiger partial charge is 0.318 e. The summed E-state index contributed by atoms with van der Waals surface area (Å²) in [5.41, 5.74) is 4.02. The van der Waals surface area contributed by atoms with Crippen LogP contribution in [0.15, 0.2) is 48.5 Å². The molecule has 0 N–H and O–H groups in total. The van der Waals surface area contributed by atoms with E-state index < -0.39 is 15.2 Å². The van der Waals surface area contributed by atoms with Crippen molar-refractivity contribution in [3.05, 3.63) is 48.5 Å². The van der Waals surface area contributed by atoms with Crippen LogP contribution in [0.2, 0.25) is 18.6 Å². The highest BCUT2D eigenvalue weighted by Crippen LogP contribution is 2.62. The molecule has 4 rings (SSSR count). The fourth-order valence-electron chi connectivity index (χ4n) is 6.06. The lowest BCUT2D eigenvalue weighted by molar-refractivity contribution is 0.453. The molecule has 0 atom stereocenters. The predicted octanol–water partition coefficient (Wildman–Crippen LogP) is 8.33. The fraction of sp³-hybridized carbons (Fsp3) is 0.586. The Morgan fingerprint density at radius 3 is 1.91 bits per heavy atom. The van der Waals surface area contributed by atoms with Crippen LogP contribution < -0.4 is 10.5 Å². The molecular weight excluding hydrogens is 423 g/mol. The lowest BCUT2D eigenvalue weighted by Crippen LogP contribution is -2.44. The van der Waals surface area contributed by atoms with Gasteiger partial charge >= 0.3 is 0 Å². The lowest BCUT2D eigenvalue weighted by Gasteiger charge is -2.39. The smallest absolute Gasteiger partial charge is 0.122 e. The van der Waals surface area contributed by atoms with E-state index in [0.717, 1.165) is 25.7 Å². The highest BCUT2D eigenvalue weighted by atomic mass is 31.2. The van der Waals surface area contributed by atoms with Crippen molar-refractivity contribution < 1.29 is 4.57 Å². The predicted molar refractivity (Wildman–Crippen MR) is 145 cm³/mol. The van der Waals surface area contributed by atoms with E-state index >= 15 is 4.57 Å². The number of hydrogen-bond donors (Lipinski definition) is 0. The van der Waals surface area contributed by atoms with E-state index in [9.17, 15) is 0 Å². The van der Waals surface area contributed by atoms with Gasteiger partial charge in [0, 0.05) is 16.6 Å². The van der Waals surface area contributed by atoms with Gasteiger partial charge in [0.05, 0.1) is 8.07 Å². The van der Waals surface area contributed by atoms with Crippen LogP contribution in [0, 0.1) is 0 Å². The van der Waals surface area contributed by atoms with Crippen molar-refractivity contribution in [3.8, 4) is 11.1 Å². The SMILES string of the molecule is CC(C)[Si](C)(C)c1cccc(-c2ccccc2P(=O)(C2CCCCC2)C2CCCCC2)c1. The molecule has 2 aliphatic rings. The van der Waals surface area contributed by atoms with Crippen molar-refractivity contribution in [3.63, 3.8) is 0 Å². The first-order valence-corrected chi connectivity index (χ1v) is 18.1. The molecule has 1 nitrogen and oxygen atoms in total. The summed E-state index contributed by atoms with van der Waals surface area (Å²) in [5, 5.41) is 2.73. The molecule has 0 aliphatic heterocycles. The van der Waals surface area contributed by atoms with E-state index in [1.165, 1.54) is 60.1 Å². The molecule has 0 aromatic heterocycles. The molecule has 2 aromatic carbocycles. The second-order valence-corrected chi connectivity index (χ2v) is 19.8. The zero-order chi connectivity index (χ0) is 22.8. The Hall–Kier alpha value is -1.11. The summed E-state index contributed by atoms with van der Waals surface area (Å²) in [5.74, 6) is 0. The number of rotatable bonds is 6. The molecule has 174 valence electrons. The Morgan fingerprint density at radius 2 is 1.34 bits per heavy atom. The minimum absolute atomic E-state index is 0.394.